The number of rotatable bonds is 24. The molecule has 7 amide bonds. The Morgan fingerprint density at radius 2 is 1.25 bits per heavy atom. The predicted molar refractivity (Wildman–Crippen MR) is 269 cm³/mol. The van der Waals surface area contributed by atoms with Gasteiger partial charge in [0, 0.05) is 44.1 Å². The zero-order chi connectivity index (χ0) is 52.9. The molecule has 0 saturated carbocycles. The van der Waals surface area contributed by atoms with Crippen LogP contribution in [-0.2, 0) is 49.6 Å². The molecule has 1 aromatic carbocycles. The Kier molecular flexibility index (Phi) is 29.7. The molecule has 1 heterocycles. The Morgan fingerprint density at radius 1 is 0.676 bits per heavy atom. The highest BCUT2D eigenvalue weighted by Gasteiger charge is 2.35. The average Bonchev–Trinajstić information content (AvgIpc) is 3.32. The van der Waals surface area contributed by atoms with E-state index in [1.165, 1.54) is 6.92 Å². The first-order chi connectivity index (χ1) is 33.9. The van der Waals surface area contributed by atoms with E-state index in [1.54, 1.807) is 30.3 Å². The second-order valence-corrected chi connectivity index (χ2v) is 19.1. The lowest BCUT2D eigenvalue weighted by Crippen LogP contribution is -2.59. The molecule has 16 N–H and O–H groups in total. The third kappa shape index (κ3) is 23.6. The van der Waals surface area contributed by atoms with Gasteiger partial charge in [0.1, 0.15) is 36.0 Å². The van der Waals surface area contributed by atoms with Crippen LogP contribution in [0.5, 0.6) is 0 Å². The number of hydrogen-bond donors (Lipinski definition) is 12. The molecule has 0 aliphatic carbocycles. The molecular weight excluding hydrogens is 915 g/mol. The molecule has 1 saturated heterocycles. The zero-order valence-corrected chi connectivity index (χ0v) is 42.4. The van der Waals surface area contributed by atoms with Gasteiger partial charge in [0.15, 0.2) is 5.78 Å². The maximum Gasteiger partial charge on any atom is 0.243 e. The summed E-state index contributed by atoms with van der Waals surface area (Å²) in [4.78, 5) is 125. The van der Waals surface area contributed by atoms with Crippen molar-refractivity contribution in [3.05, 3.63) is 35.9 Å². The van der Waals surface area contributed by atoms with Gasteiger partial charge in [-0.3, -0.25) is 43.2 Å². The number of amides is 7. The van der Waals surface area contributed by atoms with Crippen molar-refractivity contribution in [3.8, 4) is 0 Å². The summed E-state index contributed by atoms with van der Waals surface area (Å²) in [6.07, 6.45) is 3.57. The van der Waals surface area contributed by atoms with Gasteiger partial charge in [0.25, 0.3) is 0 Å². The second kappa shape index (κ2) is 34.1. The molecule has 2 rings (SSSR count). The maximum absolute atomic E-state index is 14.4. The summed E-state index contributed by atoms with van der Waals surface area (Å²) in [5.74, 6) is -8.14. The number of nitrogens with two attached hydrogens (primary N) is 4. The molecule has 0 unspecified atom stereocenters. The summed E-state index contributed by atoms with van der Waals surface area (Å²) in [6.45, 7) is 6.90. The molecule has 1 aliphatic heterocycles. The third-order valence-electron chi connectivity index (χ3n) is 12.4. The van der Waals surface area contributed by atoms with E-state index in [0.717, 1.165) is 32.1 Å². The highest BCUT2D eigenvalue weighted by molar-refractivity contribution is 5.98. The first kappa shape index (κ1) is 61.8. The fraction of sp³-hybridized carbons (Fsp3) is 0.700. The van der Waals surface area contributed by atoms with Gasteiger partial charge in [-0.15, -0.1) is 0 Å². The van der Waals surface area contributed by atoms with Gasteiger partial charge in [-0.1, -0.05) is 83.2 Å². The zero-order valence-electron chi connectivity index (χ0n) is 42.4. The van der Waals surface area contributed by atoms with Crippen LogP contribution in [0.15, 0.2) is 30.3 Å². The van der Waals surface area contributed by atoms with Crippen LogP contribution < -0.4 is 60.2 Å². The minimum atomic E-state index is -1.31. The molecule has 0 aromatic heterocycles. The minimum absolute atomic E-state index is 0.00891. The van der Waals surface area contributed by atoms with Crippen LogP contribution in [0.25, 0.3) is 0 Å². The van der Waals surface area contributed by atoms with Crippen molar-refractivity contribution in [3.63, 3.8) is 0 Å². The monoisotopic (exact) mass is 1000 g/mol. The Bertz CT molecular complexity index is 1860. The number of aliphatic hydroxyl groups excluding tert-OH is 1. The number of benzene rings is 1. The Balaban J connectivity index is 2.60. The van der Waals surface area contributed by atoms with Crippen LogP contribution in [0.3, 0.4) is 0 Å². The van der Waals surface area contributed by atoms with Crippen molar-refractivity contribution in [2.75, 3.05) is 32.7 Å². The van der Waals surface area contributed by atoms with Gasteiger partial charge in [-0.05, 0) is 89.5 Å². The maximum atomic E-state index is 14.4. The van der Waals surface area contributed by atoms with E-state index in [0.29, 0.717) is 12.0 Å². The van der Waals surface area contributed by atoms with Gasteiger partial charge >= 0.3 is 0 Å². The van der Waals surface area contributed by atoms with Crippen molar-refractivity contribution in [2.45, 2.75) is 173 Å². The summed E-state index contributed by atoms with van der Waals surface area (Å²) in [7, 11) is 0. The van der Waals surface area contributed by atoms with Crippen molar-refractivity contribution in [2.24, 2.45) is 40.7 Å². The van der Waals surface area contributed by atoms with Crippen LogP contribution in [0.4, 0.5) is 0 Å². The summed E-state index contributed by atoms with van der Waals surface area (Å²) < 4.78 is 0. The van der Waals surface area contributed by atoms with Crippen LogP contribution in [0, 0.1) is 17.8 Å². The van der Waals surface area contributed by atoms with Crippen molar-refractivity contribution < 1.29 is 48.3 Å². The molecule has 400 valence electrons. The van der Waals surface area contributed by atoms with Gasteiger partial charge in [-0.2, -0.15) is 0 Å². The molecule has 0 bridgehead atoms. The second-order valence-electron chi connectivity index (χ2n) is 19.1. The van der Waals surface area contributed by atoms with E-state index in [1.807, 2.05) is 13.8 Å². The SMILES string of the molecule is CCCCCCC[C@@H](O)CC(=O)C[C@@H](CCN)C(=O)N[C@H]1CCNC(=O)[C@H](CC(C)C)NC(=O)[C@H](CCN)NC(=O)[C@H](CCN)NC(=O)[C@H](C)NC(=O)[C@@H](Cc2ccccc2)NC(=O)[C@H](CCN)CC1=O. The third-order valence-corrected chi connectivity index (χ3v) is 12.4. The quantitative estimate of drug-likeness (QED) is 0.0575. The lowest BCUT2D eigenvalue weighted by atomic mass is 9.91. The van der Waals surface area contributed by atoms with E-state index in [9.17, 15) is 48.3 Å². The van der Waals surface area contributed by atoms with E-state index >= 15 is 0 Å². The number of unbranched alkanes of at least 4 members (excludes halogenated alkanes) is 4. The predicted octanol–water partition coefficient (Wildman–Crippen LogP) is -0.619. The van der Waals surface area contributed by atoms with Gasteiger partial charge < -0.3 is 65.3 Å². The molecule has 1 fully saturated rings. The Morgan fingerprint density at radius 3 is 1.85 bits per heavy atom. The molecule has 1 aromatic rings. The molecule has 21 heteroatoms. The van der Waals surface area contributed by atoms with Gasteiger partial charge in [-0.25, -0.2) is 0 Å². The van der Waals surface area contributed by atoms with Crippen molar-refractivity contribution in [1.29, 1.82) is 0 Å². The Hall–Kier alpha value is -5.35. The lowest BCUT2D eigenvalue weighted by Gasteiger charge is -2.27. The van der Waals surface area contributed by atoms with Crippen LogP contribution >= 0.6 is 0 Å². The first-order valence-electron chi connectivity index (χ1n) is 25.5. The molecular formula is C50H85N11O10. The number of carbonyl (C=O) groups excluding carboxylic acids is 9. The number of hydrogen-bond acceptors (Lipinski definition) is 14. The van der Waals surface area contributed by atoms with E-state index in [4.69, 9.17) is 22.9 Å². The number of ketones is 2. The van der Waals surface area contributed by atoms with Gasteiger partial charge in [0.05, 0.1) is 12.1 Å². The fourth-order valence-corrected chi connectivity index (χ4v) is 8.36. The van der Waals surface area contributed by atoms with E-state index in [-0.39, 0.29) is 102 Å². The summed E-state index contributed by atoms with van der Waals surface area (Å²) in [5, 5.41) is 29.4. The fourth-order valence-electron chi connectivity index (χ4n) is 8.36. The molecule has 0 spiro atoms. The van der Waals surface area contributed by atoms with Crippen molar-refractivity contribution in [1.82, 2.24) is 37.2 Å². The molecule has 9 atom stereocenters. The van der Waals surface area contributed by atoms with Crippen LogP contribution in [0.1, 0.15) is 130 Å². The van der Waals surface area contributed by atoms with Crippen LogP contribution in [0.2, 0.25) is 0 Å². The van der Waals surface area contributed by atoms with E-state index in [2.05, 4.69) is 44.1 Å². The smallest absolute Gasteiger partial charge is 0.243 e. The minimum Gasteiger partial charge on any atom is -0.393 e. The highest BCUT2D eigenvalue weighted by atomic mass is 16.3. The number of nitrogens with one attached hydrogen (secondary N) is 7. The summed E-state index contributed by atoms with van der Waals surface area (Å²) in [6, 6.07) is 1.33. The largest absolute Gasteiger partial charge is 0.393 e. The topological polar surface area (TPSA) is 362 Å². The van der Waals surface area contributed by atoms with E-state index < -0.39 is 108 Å². The summed E-state index contributed by atoms with van der Waals surface area (Å²) >= 11 is 0. The number of carbonyl (C=O) groups is 9. The molecule has 21 nitrogen and oxygen atoms in total. The molecule has 71 heavy (non-hydrogen) atoms. The lowest BCUT2D eigenvalue weighted by molar-refractivity contribution is -0.136. The van der Waals surface area contributed by atoms with Crippen LogP contribution in [-0.4, -0.2) is 133 Å². The highest BCUT2D eigenvalue weighted by Crippen LogP contribution is 2.18. The standard InChI is InChI=1S/C50H85N11O10/c1-5-6-7-8-12-15-36(62)30-37(63)28-34(16-21-51)45(66)57-38-20-25-55-47(68)41(26-31(2)3)61-49(70)40(19-24-54)59-48(69)39(18-23-53)58-44(65)32(4)56-50(71)42(27-33-13-10-9-11-14-33)60-46(67)35(17-22-52)29-43(38)64/h9-11,13-14,31-32,34-36,38-42,62H,5-8,12,15-30,51-54H2,1-4H3,(H,55,68)(H,56,71)(H,57,66)(H,58,65)(H,59,69)(H,60,67)(H,61,70)/t32-,34+,35+,36+,38-,39-,40-,41-,42+/m0/s1. The average molecular weight is 1000 g/mol. The molecule has 1 aliphatic rings. The summed E-state index contributed by atoms with van der Waals surface area (Å²) in [5.41, 5.74) is 24.2. The Labute approximate surface area is 419 Å². The number of aliphatic hydroxyl groups is 1. The normalized spacial score (nSPS) is 23.6. The number of Topliss-reactive ketones (excluding diaryl/α,β-unsaturated/α-hetero) is 2. The molecule has 0 radical (unpaired) electrons. The van der Waals surface area contributed by atoms with Crippen molar-refractivity contribution >= 4 is 52.9 Å². The first-order valence-corrected chi connectivity index (χ1v) is 25.5. The van der Waals surface area contributed by atoms with Gasteiger partial charge in [0.2, 0.25) is 41.4 Å².